The lowest BCUT2D eigenvalue weighted by molar-refractivity contribution is 0.439. The van der Waals surface area contributed by atoms with E-state index in [4.69, 9.17) is 21.9 Å². The molecule has 0 atom stereocenters. The molecule has 0 saturated heterocycles. The largest absolute Gasteiger partial charge is 0.367 e. The van der Waals surface area contributed by atoms with Crippen molar-refractivity contribution in [3.8, 4) is 21.7 Å². The second-order valence-electron chi connectivity index (χ2n) is 4.40. The standard InChI is InChI=1S/C15H13ClN2OS/c1-2-11-7-8-12(20-11)14-13(15(17)19-18-14)9-3-5-10(16)6-4-9/h3-8H,2,17H2,1H3. The van der Waals surface area contributed by atoms with Crippen LogP contribution in [0.2, 0.25) is 5.02 Å². The maximum absolute atomic E-state index is 5.93. The Kier molecular flexibility index (Phi) is 3.51. The Morgan fingerprint density at radius 3 is 2.60 bits per heavy atom. The first kappa shape index (κ1) is 13.2. The topological polar surface area (TPSA) is 52.0 Å². The van der Waals surface area contributed by atoms with Crippen molar-refractivity contribution < 1.29 is 4.52 Å². The first-order valence-corrected chi connectivity index (χ1v) is 7.48. The van der Waals surface area contributed by atoms with Crippen molar-refractivity contribution in [1.82, 2.24) is 5.16 Å². The molecule has 0 amide bonds. The Balaban J connectivity index is 2.11. The van der Waals surface area contributed by atoms with Crippen LogP contribution < -0.4 is 5.73 Å². The summed E-state index contributed by atoms with van der Waals surface area (Å²) in [5.41, 5.74) is 8.50. The molecule has 0 fully saturated rings. The van der Waals surface area contributed by atoms with E-state index in [0.717, 1.165) is 28.1 Å². The summed E-state index contributed by atoms with van der Waals surface area (Å²) < 4.78 is 5.18. The van der Waals surface area contributed by atoms with Crippen molar-refractivity contribution in [3.63, 3.8) is 0 Å². The van der Waals surface area contributed by atoms with Gasteiger partial charge in [-0.15, -0.1) is 11.3 Å². The molecule has 0 unspecified atom stereocenters. The normalized spacial score (nSPS) is 10.9. The Hall–Kier alpha value is -1.78. The summed E-state index contributed by atoms with van der Waals surface area (Å²) in [5, 5.41) is 4.80. The number of aromatic nitrogens is 1. The highest BCUT2D eigenvalue weighted by Gasteiger charge is 2.18. The van der Waals surface area contributed by atoms with Crippen LogP contribution in [-0.2, 0) is 6.42 Å². The number of thiophene rings is 1. The molecule has 2 aromatic heterocycles. The van der Waals surface area contributed by atoms with Crippen LogP contribution in [0.1, 0.15) is 11.8 Å². The molecule has 102 valence electrons. The van der Waals surface area contributed by atoms with Crippen molar-refractivity contribution >= 4 is 28.8 Å². The van der Waals surface area contributed by atoms with E-state index in [1.165, 1.54) is 4.88 Å². The summed E-state index contributed by atoms with van der Waals surface area (Å²) in [4.78, 5) is 2.37. The van der Waals surface area contributed by atoms with Gasteiger partial charge in [0.05, 0.1) is 10.4 Å². The number of nitrogens with two attached hydrogens (primary N) is 1. The van der Waals surface area contributed by atoms with Gasteiger partial charge < -0.3 is 10.3 Å². The van der Waals surface area contributed by atoms with E-state index < -0.39 is 0 Å². The zero-order valence-corrected chi connectivity index (χ0v) is 12.5. The molecule has 3 rings (SSSR count). The van der Waals surface area contributed by atoms with Crippen molar-refractivity contribution in [2.75, 3.05) is 5.73 Å². The predicted molar refractivity (Wildman–Crippen MR) is 84.1 cm³/mol. The second kappa shape index (κ2) is 5.31. The number of halogens is 1. The highest BCUT2D eigenvalue weighted by atomic mass is 35.5. The van der Waals surface area contributed by atoms with Gasteiger partial charge in [0.2, 0.25) is 5.88 Å². The van der Waals surface area contributed by atoms with Crippen molar-refractivity contribution in [2.24, 2.45) is 0 Å². The van der Waals surface area contributed by atoms with Gasteiger partial charge in [-0.3, -0.25) is 0 Å². The number of anilines is 1. The smallest absolute Gasteiger partial charge is 0.230 e. The minimum atomic E-state index is 0.328. The van der Waals surface area contributed by atoms with E-state index in [1.54, 1.807) is 11.3 Å². The number of rotatable bonds is 3. The molecule has 0 aliphatic rings. The summed E-state index contributed by atoms with van der Waals surface area (Å²) >= 11 is 7.63. The van der Waals surface area contributed by atoms with E-state index in [2.05, 4.69) is 24.2 Å². The van der Waals surface area contributed by atoms with Crippen molar-refractivity contribution in [2.45, 2.75) is 13.3 Å². The molecule has 20 heavy (non-hydrogen) atoms. The van der Waals surface area contributed by atoms with Crippen LogP contribution in [0.3, 0.4) is 0 Å². The maximum atomic E-state index is 5.93. The number of nitrogen functional groups attached to an aromatic ring is 1. The minimum absolute atomic E-state index is 0.328. The zero-order chi connectivity index (χ0) is 14.1. The molecule has 2 N–H and O–H groups in total. The van der Waals surface area contributed by atoms with Gasteiger partial charge in [0.15, 0.2) is 0 Å². The second-order valence-corrected chi connectivity index (χ2v) is 6.00. The molecule has 3 aromatic rings. The molecule has 0 saturated carbocycles. The summed E-state index contributed by atoms with van der Waals surface area (Å²) in [6, 6.07) is 11.7. The van der Waals surface area contributed by atoms with E-state index in [1.807, 2.05) is 24.3 Å². The molecule has 5 heteroatoms. The number of hydrogen-bond donors (Lipinski definition) is 1. The first-order valence-electron chi connectivity index (χ1n) is 6.29. The average molecular weight is 305 g/mol. The van der Waals surface area contributed by atoms with Gasteiger partial charge in [0, 0.05) is 9.90 Å². The average Bonchev–Trinajstić information content (AvgIpc) is 3.06. The molecular weight excluding hydrogens is 292 g/mol. The lowest BCUT2D eigenvalue weighted by Crippen LogP contribution is -1.86. The number of nitrogens with zero attached hydrogens (tertiary/aromatic N) is 1. The summed E-state index contributed by atoms with van der Waals surface area (Å²) in [6.07, 6.45) is 1.01. The van der Waals surface area contributed by atoms with Crippen LogP contribution in [0.25, 0.3) is 21.7 Å². The van der Waals surface area contributed by atoms with Gasteiger partial charge in [-0.05, 0) is 36.2 Å². The lowest BCUT2D eigenvalue weighted by Gasteiger charge is -2.01. The van der Waals surface area contributed by atoms with Crippen LogP contribution in [-0.4, -0.2) is 5.16 Å². The third-order valence-electron chi connectivity index (χ3n) is 3.09. The molecule has 0 aliphatic heterocycles. The number of hydrogen-bond acceptors (Lipinski definition) is 4. The monoisotopic (exact) mass is 304 g/mol. The van der Waals surface area contributed by atoms with E-state index >= 15 is 0 Å². The van der Waals surface area contributed by atoms with Crippen LogP contribution in [0, 0.1) is 0 Å². The fourth-order valence-corrected chi connectivity index (χ4v) is 3.12. The summed E-state index contributed by atoms with van der Waals surface area (Å²) in [6.45, 7) is 2.13. The van der Waals surface area contributed by atoms with Gasteiger partial charge in [-0.2, -0.15) is 0 Å². The van der Waals surface area contributed by atoms with Gasteiger partial charge >= 0.3 is 0 Å². The molecule has 0 bridgehead atoms. The van der Waals surface area contributed by atoms with E-state index in [9.17, 15) is 0 Å². The molecular formula is C15H13ClN2OS. The fraction of sp³-hybridized carbons (Fsp3) is 0.133. The minimum Gasteiger partial charge on any atom is -0.367 e. The predicted octanol–water partition coefficient (Wildman–Crippen LogP) is 4.87. The van der Waals surface area contributed by atoms with Gasteiger partial charge in [0.1, 0.15) is 5.69 Å². The third-order valence-corrected chi connectivity index (χ3v) is 4.58. The number of aryl methyl sites for hydroxylation is 1. The number of benzene rings is 1. The molecule has 2 heterocycles. The Bertz CT molecular complexity index is 731. The highest BCUT2D eigenvalue weighted by molar-refractivity contribution is 7.15. The molecule has 0 aliphatic carbocycles. The Labute approximate surface area is 126 Å². The van der Waals surface area contributed by atoms with Crippen LogP contribution in [0.15, 0.2) is 40.9 Å². The van der Waals surface area contributed by atoms with Crippen molar-refractivity contribution in [1.29, 1.82) is 0 Å². The lowest BCUT2D eigenvalue weighted by atomic mass is 10.1. The van der Waals surface area contributed by atoms with E-state index in [0.29, 0.717) is 10.9 Å². The Morgan fingerprint density at radius 2 is 1.95 bits per heavy atom. The van der Waals surface area contributed by atoms with Crippen LogP contribution in [0.4, 0.5) is 5.88 Å². The summed E-state index contributed by atoms with van der Waals surface area (Å²) in [5.74, 6) is 0.328. The van der Waals surface area contributed by atoms with Crippen LogP contribution in [0.5, 0.6) is 0 Å². The quantitative estimate of drug-likeness (QED) is 0.751. The van der Waals surface area contributed by atoms with Crippen molar-refractivity contribution in [3.05, 3.63) is 46.3 Å². The third kappa shape index (κ3) is 2.32. The van der Waals surface area contributed by atoms with Gasteiger partial charge in [-0.1, -0.05) is 35.8 Å². The Morgan fingerprint density at radius 1 is 1.20 bits per heavy atom. The molecule has 0 radical (unpaired) electrons. The van der Waals surface area contributed by atoms with Crippen LogP contribution >= 0.6 is 22.9 Å². The zero-order valence-electron chi connectivity index (χ0n) is 10.9. The van der Waals surface area contributed by atoms with Gasteiger partial charge in [-0.25, -0.2) is 0 Å². The van der Waals surface area contributed by atoms with E-state index in [-0.39, 0.29) is 0 Å². The molecule has 3 nitrogen and oxygen atoms in total. The summed E-state index contributed by atoms with van der Waals surface area (Å²) in [7, 11) is 0. The first-order chi connectivity index (χ1) is 9.69. The molecule has 1 aromatic carbocycles. The highest BCUT2D eigenvalue weighted by Crippen LogP contribution is 2.39. The molecule has 0 spiro atoms. The van der Waals surface area contributed by atoms with Gasteiger partial charge in [0.25, 0.3) is 0 Å². The SMILES string of the molecule is CCc1ccc(-c2noc(N)c2-c2ccc(Cl)cc2)s1. The maximum Gasteiger partial charge on any atom is 0.230 e. The fourth-order valence-electron chi connectivity index (χ4n) is 2.06.